The molecule has 1 aromatic carbocycles. The van der Waals surface area contributed by atoms with E-state index in [-0.39, 0.29) is 12.5 Å². The van der Waals surface area contributed by atoms with Gasteiger partial charge >= 0.3 is 0 Å². The second kappa shape index (κ2) is 8.12. The zero-order chi connectivity index (χ0) is 15.1. The number of carbonyl (C=O) groups excluding carboxylic acids is 1. The number of hydrogen-bond donors (Lipinski definition) is 2. The highest BCUT2D eigenvalue weighted by molar-refractivity contribution is 6.31. The third-order valence-electron chi connectivity index (χ3n) is 2.97. The molecule has 0 saturated heterocycles. The molecule has 4 nitrogen and oxygen atoms in total. The van der Waals surface area contributed by atoms with Crippen molar-refractivity contribution in [3.05, 3.63) is 28.8 Å². The summed E-state index contributed by atoms with van der Waals surface area (Å²) >= 11 is 6.05. The summed E-state index contributed by atoms with van der Waals surface area (Å²) in [6, 6.07) is 5.30. The molecular weight excluding hydrogens is 276 g/mol. The minimum Gasteiger partial charge on any atom is -0.481 e. The van der Waals surface area contributed by atoms with Crippen LogP contribution in [0.3, 0.4) is 0 Å². The van der Waals surface area contributed by atoms with Crippen molar-refractivity contribution >= 4 is 17.5 Å². The molecule has 1 aromatic rings. The standard InChI is InChI=1S/C15H23ClN2O2/c1-10(2)7-8-18-15(19)11(3)20-14-6-4-5-13(16)12(14)9-17/h4-6,10-11H,7-9,17H2,1-3H3,(H,18,19). The Bertz CT molecular complexity index is 449. The smallest absolute Gasteiger partial charge is 0.260 e. The maximum absolute atomic E-state index is 11.9. The molecule has 20 heavy (non-hydrogen) atoms. The van der Waals surface area contributed by atoms with E-state index in [1.54, 1.807) is 25.1 Å². The zero-order valence-corrected chi connectivity index (χ0v) is 13.0. The molecule has 0 aliphatic carbocycles. The summed E-state index contributed by atoms with van der Waals surface area (Å²) in [5.74, 6) is 0.989. The average Bonchev–Trinajstić information content (AvgIpc) is 2.38. The molecule has 0 bridgehead atoms. The van der Waals surface area contributed by atoms with Crippen LogP contribution in [0, 0.1) is 5.92 Å². The molecule has 0 radical (unpaired) electrons. The van der Waals surface area contributed by atoms with E-state index in [9.17, 15) is 4.79 Å². The Morgan fingerprint density at radius 1 is 1.40 bits per heavy atom. The molecule has 1 atom stereocenters. The number of rotatable bonds is 7. The van der Waals surface area contributed by atoms with Crippen molar-refractivity contribution in [2.45, 2.75) is 39.8 Å². The number of nitrogens with two attached hydrogens (primary N) is 1. The molecule has 0 aromatic heterocycles. The number of amides is 1. The Morgan fingerprint density at radius 3 is 2.70 bits per heavy atom. The van der Waals surface area contributed by atoms with Crippen LogP contribution in [0.2, 0.25) is 5.02 Å². The minimum absolute atomic E-state index is 0.131. The van der Waals surface area contributed by atoms with Crippen molar-refractivity contribution in [2.24, 2.45) is 11.7 Å². The molecule has 112 valence electrons. The van der Waals surface area contributed by atoms with Crippen molar-refractivity contribution in [1.29, 1.82) is 0 Å². The Morgan fingerprint density at radius 2 is 2.10 bits per heavy atom. The van der Waals surface area contributed by atoms with Crippen LogP contribution < -0.4 is 15.8 Å². The van der Waals surface area contributed by atoms with E-state index in [4.69, 9.17) is 22.1 Å². The Balaban J connectivity index is 2.59. The molecule has 1 unspecified atom stereocenters. The highest BCUT2D eigenvalue weighted by Crippen LogP contribution is 2.26. The molecular formula is C15H23ClN2O2. The third kappa shape index (κ3) is 5.02. The lowest BCUT2D eigenvalue weighted by molar-refractivity contribution is -0.127. The predicted octanol–water partition coefficient (Wildman–Crippen LogP) is 2.73. The van der Waals surface area contributed by atoms with Crippen molar-refractivity contribution in [2.75, 3.05) is 6.54 Å². The molecule has 0 saturated carbocycles. The van der Waals surface area contributed by atoms with Gasteiger partial charge in [0.1, 0.15) is 5.75 Å². The second-order valence-electron chi connectivity index (χ2n) is 5.15. The van der Waals surface area contributed by atoms with Crippen molar-refractivity contribution in [1.82, 2.24) is 5.32 Å². The fourth-order valence-corrected chi connectivity index (χ4v) is 1.96. The topological polar surface area (TPSA) is 64.3 Å². The number of nitrogens with one attached hydrogen (secondary N) is 1. The predicted molar refractivity (Wildman–Crippen MR) is 81.9 cm³/mol. The molecule has 1 rings (SSSR count). The monoisotopic (exact) mass is 298 g/mol. The van der Waals surface area contributed by atoms with Gasteiger partial charge in [0.05, 0.1) is 0 Å². The number of ether oxygens (including phenoxy) is 1. The lowest BCUT2D eigenvalue weighted by Crippen LogP contribution is -2.37. The molecule has 0 fully saturated rings. The lowest BCUT2D eigenvalue weighted by Gasteiger charge is -2.17. The fourth-order valence-electron chi connectivity index (χ4n) is 1.72. The van der Waals surface area contributed by atoms with Crippen LogP contribution in [0.15, 0.2) is 18.2 Å². The number of benzene rings is 1. The van der Waals surface area contributed by atoms with Gasteiger partial charge in [-0.15, -0.1) is 0 Å². The first-order valence-electron chi connectivity index (χ1n) is 6.87. The number of halogens is 1. The summed E-state index contributed by atoms with van der Waals surface area (Å²) in [6.07, 6.45) is 0.370. The third-order valence-corrected chi connectivity index (χ3v) is 3.33. The first kappa shape index (κ1) is 16.8. The normalized spacial score (nSPS) is 12.3. The molecule has 0 spiro atoms. The van der Waals surface area contributed by atoms with E-state index >= 15 is 0 Å². The summed E-state index contributed by atoms with van der Waals surface area (Å²) in [5.41, 5.74) is 6.37. The summed E-state index contributed by atoms with van der Waals surface area (Å²) in [7, 11) is 0. The molecule has 5 heteroatoms. The molecule has 0 aliphatic heterocycles. The Labute approximate surface area is 125 Å². The minimum atomic E-state index is -0.578. The molecule has 0 aliphatic rings. The fraction of sp³-hybridized carbons (Fsp3) is 0.533. The van der Waals surface area contributed by atoms with Gasteiger partial charge in [-0.1, -0.05) is 31.5 Å². The van der Waals surface area contributed by atoms with E-state index in [0.717, 1.165) is 12.0 Å². The second-order valence-corrected chi connectivity index (χ2v) is 5.56. The van der Waals surface area contributed by atoms with E-state index in [2.05, 4.69) is 19.2 Å². The zero-order valence-electron chi connectivity index (χ0n) is 12.3. The van der Waals surface area contributed by atoms with E-state index in [0.29, 0.717) is 23.2 Å². The van der Waals surface area contributed by atoms with Crippen LogP contribution in [-0.4, -0.2) is 18.6 Å². The average molecular weight is 299 g/mol. The first-order chi connectivity index (χ1) is 9.45. The SMILES string of the molecule is CC(C)CCNC(=O)C(C)Oc1cccc(Cl)c1CN. The Kier molecular flexibility index (Phi) is 6.82. The van der Waals surface area contributed by atoms with Crippen molar-refractivity contribution < 1.29 is 9.53 Å². The summed E-state index contributed by atoms with van der Waals surface area (Å²) in [5, 5.41) is 3.41. The largest absolute Gasteiger partial charge is 0.481 e. The quantitative estimate of drug-likeness (QED) is 0.813. The molecule has 3 N–H and O–H groups in total. The maximum atomic E-state index is 11.9. The highest BCUT2D eigenvalue weighted by atomic mass is 35.5. The van der Waals surface area contributed by atoms with Gasteiger partial charge in [0.15, 0.2) is 6.10 Å². The van der Waals surface area contributed by atoms with E-state index < -0.39 is 6.10 Å². The van der Waals surface area contributed by atoms with E-state index in [1.165, 1.54) is 0 Å². The van der Waals surface area contributed by atoms with Crippen LogP contribution in [0.4, 0.5) is 0 Å². The van der Waals surface area contributed by atoms with Gasteiger partial charge in [-0.3, -0.25) is 4.79 Å². The van der Waals surface area contributed by atoms with Gasteiger partial charge in [-0.25, -0.2) is 0 Å². The van der Waals surface area contributed by atoms with E-state index in [1.807, 2.05) is 0 Å². The van der Waals surface area contributed by atoms with Gasteiger partial charge in [-0.05, 0) is 31.4 Å². The van der Waals surface area contributed by atoms with Crippen LogP contribution in [0.1, 0.15) is 32.8 Å². The number of hydrogen-bond acceptors (Lipinski definition) is 3. The summed E-state index contributed by atoms with van der Waals surface area (Å²) < 4.78 is 5.66. The summed E-state index contributed by atoms with van der Waals surface area (Å²) in [6.45, 7) is 6.88. The summed E-state index contributed by atoms with van der Waals surface area (Å²) in [4.78, 5) is 11.9. The van der Waals surface area contributed by atoms with Crippen molar-refractivity contribution in [3.63, 3.8) is 0 Å². The van der Waals surface area contributed by atoms with Crippen LogP contribution in [0.5, 0.6) is 5.75 Å². The maximum Gasteiger partial charge on any atom is 0.260 e. The van der Waals surface area contributed by atoms with Gasteiger partial charge in [0.25, 0.3) is 5.91 Å². The van der Waals surface area contributed by atoms with Gasteiger partial charge in [0.2, 0.25) is 0 Å². The van der Waals surface area contributed by atoms with Crippen LogP contribution in [-0.2, 0) is 11.3 Å². The van der Waals surface area contributed by atoms with Gasteiger partial charge < -0.3 is 15.8 Å². The number of carbonyl (C=O) groups is 1. The Hall–Kier alpha value is -1.26. The lowest BCUT2D eigenvalue weighted by atomic mass is 10.1. The van der Waals surface area contributed by atoms with Crippen LogP contribution in [0.25, 0.3) is 0 Å². The molecule has 1 amide bonds. The highest BCUT2D eigenvalue weighted by Gasteiger charge is 2.16. The van der Waals surface area contributed by atoms with Crippen LogP contribution >= 0.6 is 11.6 Å². The van der Waals surface area contributed by atoms with Crippen molar-refractivity contribution in [3.8, 4) is 5.75 Å². The van der Waals surface area contributed by atoms with Gasteiger partial charge in [0, 0.05) is 23.7 Å². The first-order valence-corrected chi connectivity index (χ1v) is 7.25. The molecule has 0 heterocycles. The van der Waals surface area contributed by atoms with Gasteiger partial charge in [-0.2, -0.15) is 0 Å².